The number of aromatic nitrogens is 1. The van der Waals surface area contributed by atoms with E-state index in [0.717, 1.165) is 95.1 Å². The maximum atomic E-state index is 9.60. The number of hydrogen-bond acceptors (Lipinski definition) is 3. The van der Waals surface area contributed by atoms with Crippen LogP contribution in [0.25, 0.3) is 66.9 Å². The first kappa shape index (κ1) is 44.6. The fraction of sp³-hybridized carbons (Fsp3) is 0.264. The Bertz CT molecular complexity index is 3960. The smallest absolute Gasteiger partial charge is 0.410 e. The van der Waals surface area contributed by atoms with Crippen molar-refractivity contribution < 1.29 is 13.4 Å². The lowest BCUT2D eigenvalue weighted by Gasteiger charge is -2.49. The Labute approximate surface area is 455 Å². The zero-order chi connectivity index (χ0) is 55.5. The van der Waals surface area contributed by atoms with Crippen molar-refractivity contribution in [2.24, 2.45) is 0 Å². The summed E-state index contributed by atoms with van der Waals surface area (Å²) in [4.78, 5) is 4.88. The van der Waals surface area contributed by atoms with E-state index in [2.05, 4.69) is 267 Å². The molecule has 76 heavy (non-hydrogen) atoms. The zero-order valence-corrected chi connectivity index (χ0v) is 46.1. The number of rotatable bonds is 5. The number of benzene rings is 8. The molecule has 0 bridgehead atoms. The second kappa shape index (κ2) is 16.4. The molecule has 8 aromatic carbocycles. The normalized spacial score (nSPS) is 17.7. The molecule has 0 radical (unpaired) electrons. The molecular weight excluding hydrogens is 923 g/mol. The van der Waals surface area contributed by atoms with Crippen LogP contribution < -0.4 is 19.1 Å². The van der Waals surface area contributed by atoms with Crippen molar-refractivity contribution in [2.75, 3.05) is 9.80 Å². The summed E-state index contributed by atoms with van der Waals surface area (Å²) in [6.07, 6.45) is 1.71. The Morgan fingerprint density at radius 1 is 0.474 bits per heavy atom. The predicted molar refractivity (Wildman–Crippen MR) is 317 cm³/mol. The minimum absolute atomic E-state index is 0.189. The molecule has 0 aliphatic carbocycles. The van der Waals surface area contributed by atoms with Gasteiger partial charge in [-0.1, -0.05) is 210 Å². The number of nitrogens with zero attached hydrogens (tertiary/aromatic N) is 3. The van der Waals surface area contributed by atoms with Gasteiger partial charge in [-0.15, -0.1) is 4.57 Å². The summed E-state index contributed by atoms with van der Waals surface area (Å²) in [7, 11) is 0. The summed E-state index contributed by atoms with van der Waals surface area (Å²) in [5.41, 5.74) is 21.8. The molecule has 378 valence electrons. The zero-order valence-electron chi connectivity index (χ0n) is 49.1. The van der Waals surface area contributed by atoms with E-state index in [1.807, 2.05) is 12.1 Å². The molecule has 5 heterocycles. The van der Waals surface area contributed by atoms with Gasteiger partial charge in [0.1, 0.15) is 17.5 Å². The van der Waals surface area contributed by atoms with Crippen LogP contribution in [0.15, 0.2) is 182 Å². The van der Waals surface area contributed by atoms with Crippen molar-refractivity contribution in [2.45, 2.75) is 124 Å². The van der Waals surface area contributed by atoms with Crippen LogP contribution in [-0.2, 0) is 27.5 Å². The fourth-order valence-corrected chi connectivity index (χ4v) is 12.7. The molecule has 0 N–H and O–H groups in total. The highest BCUT2D eigenvalue weighted by Crippen LogP contribution is 2.68. The summed E-state index contributed by atoms with van der Waals surface area (Å²) in [6, 6.07) is 63.5. The predicted octanol–water partition coefficient (Wildman–Crippen LogP) is 18.5. The van der Waals surface area contributed by atoms with Gasteiger partial charge in [0.25, 0.3) is 0 Å². The van der Waals surface area contributed by atoms with E-state index in [9.17, 15) is 4.11 Å². The molecule has 0 fully saturated rings. The number of anilines is 3. The number of pyridine rings is 1. The highest BCUT2D eigenvalue weighted by atomic mass is 16.5. The Morgan fingerprint density at radius 3 is 1.72 bits per heavy atom. The number of ether oxygens (including phenoxy) is 1. The molecule has 1 spiro atoms. The highest BCUT2D eigenvalue weighted by molar-refractivity contribution is 6.02. The Hall–Kier alpha value is -7.69. The van der Waals surface area contributed by atoms with Crippen LogP contribution in [0.3, 0.4) is 0 Å². The van der Waals surface area contributed by atoms with Crippen LogP contribution in [0.2, 0.25) is 0 Å². The highest BCUT2D eigenvalue weighted by Gasteiger charge is 2.70. The van der Waals surface area contributed by atoms with Gasteiger partial charge < -0.3 is 9.64 Å². The van der Waals surface area contributed by atoms with Gasteiger partial charge in [0.2, 0.25) is 5.69 Å². The second-order valence-corrected chi connectivity index (χ2v) is 25.8. The monoisotopic (exact) mass is 996 g/mol. The molecule has 0 saturated heterocycles. The Kier molecular flexibility index (Phi) is 9.63. The van der Waals surface area contributed by atoms with Crippen LogP contribution in [0.5, 0.6) is 5.75 Å². The molecule has 1 aromatic heterocycles. The van der Waals surface area contributed by atoms with Crippen molar-refractivity contribution in [3.05, 3.63) is 221 Å². The maximum Gasteiger partial charge on any atom is 0.432 e. The first-order valence-corrected chi connectivity index (χ1v) is 27.2. The van der Waals surface area contributed by atoms with Crippen LogP contribution in [0, 0.1) is 6.85 Å². The van der Waals surface area contributed by atoms with Crippen LogP contribution >= 0.6 is 0 Å². The molecule has 4 nitrogen and oxygen atoms in total. The molecule has 0 amide bonds. The minimum atomic E-state index is -2.50. The van der Waals surface area contributed by atoms with E-state index in [0.29, 0.717) is 11.3 Å². The Balaban J connectivity index is 1.11. The third-order valence-corrected chi connectivity index (χ3v) is 16.7. The molecule has 2 unspecified atom stereocenters. The van der Waals surface area contributed by atoms with Gasteiger partial charge in [-0.3, -0.25) is 0 Å². The topological polar surface area (TPSA) is 19.6 Å². The summed E-state index contributed by atoms with van der Waals surface area (Å²) in [5.74, 6) is -0.388. The van der Waals surface area contributed by atoms with Crippen LogP contribution in [-0.4, -0.2) is 0 Å². The molecule has 0 saturated carbocycles. The van der Waals surface area contributed by atoms with Crippen molar-refractivity contribution in [3.8, 4) is 72.6 Å². The van der Waals surface area contributed by atoms with Gasteiger partial charge in [0.15, 0.2) is 6.20 Å². The van der Waals surface area contributed by atoms with E-state index >= 15 is 0 Å². The van der Waals surface area contributed by atoms with Crippen molar-refractivity contribution in [1.82, 2.24) is 0 Å². The van der Waals surface area contributed by atoms with Crippen molar-refractivity contribution in [1.29, 1.82) is 0 Å². The molecule has 13 rings (SSSR count). The van der Waals surface area contributed by atoms with Crippen molar-refractivity contribution >= 4 is 17.1 Å². The number of para-hydroxylation sites is 1. The summed E-state index contributed by atoms with van der Waals surface area (Å²) in [6.45, 7) is 24.8. The van der Waals surface area contributed by atoms with Gasteiger partial charge in [0, 0.05) is 44.2 Å². The lowest BCUT2D eigenvalue weighted by molar-refractivity contribution is -0.774. The molecular formula is C72H70N3O+. The van der Waals surface area contributed by atoms with E-state index in [-0.39, 0.29) is 21.7 Å². The molecule has 4 aliphatic heterocycles. The van der Waals surface area contributed by atoms with Gasteiger partial charge in [0.05, 0.1) is 16.9 Å². The number of fused-ring (bicyclic) bond motifs is 5. The van der Waals surface area contributed by atoms with E-state index in [1.54, 1.807) is 0 Å². The quantitative estimate of drug-likeness (QED) is 0.160. The third kappa shape index (κ3) is 7.12. The summed E-state index contributed by atoms with van der Waals surface area (Å²) >= 11 is 0. The Morgan fingerprint density at radius 2 is 1.07 bits per heavy atom. The molecule has 4 aliphatic rings. The SMILES string of the molecule is [2H]C([2H])([2H])c1cc(-c2c(-c3ccccc3)cccc2C(C)(C)C)ccc1N1c2cccc3c2N2C1c1cc(C(C)(C)C)cc(C(C)(C)C)c1OC21c2c-3cc(C(C)(C)C)cc2-c2cc(-c3ccc(-c4ccccc4)cc3)cc[n+]21. The number of hydrogen-bond donors (Lipinski definition) is 0. The van der Waals surface area contributed by atoms with Crippen LogP contribution in [0.1, 0.15) is 132 Å². The first-order chi connectivity index (χ1) is 37.3. The average Bonchev–Trinajstić information content (AvgIpc) is 3.06. The lowest BCUT2D eigenvalue weighted by atomic mass is 9.77. The van der Waals surface area contributed by atoms with Crippen molar-refractivity contribution in [3.63, 3.8) is 0 Å². The second-order valence-electron chi connectivity index (χ2n) is 25.8. The fourth-order valence-electron chi connectivity index (χ4n) is 12.7. The standard InChI is InChI=1S/C72H70N3O/c1-44-38-50(63-53(48-24-18-15-19-25-48)26-20-28-58(63)70(8,9)10)34-35-60(44)74-61-29-21-27-54-55-40-51(68(2,3)4)41-56-62-39-49(47-32-30-46(31-33-47)45-22-16-14-17-23-45)36-37-73(62)72(64(55)56)75(65(54)61)67(74)57-42-52(69(5,6)7)43-59(66(57)76-72)71(11,12)13/h14-43,67H,1-13H3/q+1/i1D3. The largest absolute Gasteiger partial charge is 0.432 e. The van der Waals surface area contributed by atoms with Gasteiger partial charge in [-0.05, 0) is 132 Å². The third-order valence-electron chi connectivity index (χ3n) is 16.7. The molecule has 2 atom stereocenters. The molecule has 4 heteroatoms. The van der Waals surface area contributed by atoms with E-state index in [1.165, 1.54) is 22.3 Å². The summed E-state index contributed by atoms with van der Waals surface area (Å²) in [5, 5.41) is 0. The van der Waals surface area contributed by atoms with Crippen LogP contribution in [0.4, 0.5) is 17.1 Å². The minimum Gasteiger partial charge on any atom is -0.410 e. The van der Waals surface area contributed by atoms with Gasteiger partial charge in [-0.25, -0.2) is 4.90 Å². The molecule has 9 aromatic rings. The first-order valence-electron chi connectivity index (χ1n) is 28.7. The average molecular weight is 996 g/mol. The van der Waals surface area contributed by atoms with Gasteiger partial charge >= 0.3 is 5.85 Å². The summed E-state index contributed by atoms with van der Waals surface area (Å²) < 4.78 is 39.4. The van der Waals surface area contributed by atoms with E-state index < -0.39 is 18.9 Å². The maximum absolute atomic E-state index is 9.60. The lowest BCUT2D eigenvalue weighted by Crippen LogP contribution is -2.71. The van der Waals surface area contributed by atoms with E-state index in [4.69, 9.17) is 4.74 Å². The van der Waals surface area contributed by atoms with Gasteiger partial charge in [-0.2, -0.15) is 0 Å². The number of aryl methyl sites for hydroxylation is 1.